The third-order valence-electron chi connectivity index (χ3n) is 3.64. The summed E-state index contributed by atoms with van der Waals surface area (Å²) in [6, 6.07) is 3.47. The highest BCUT2D eigenvalue weighted by molar-refractivity contribution is 5.94. The monoisotopic (exact) mass is 287 g/mol. The fourth-order valence-corrected chi connectivity index (χ4v) is 2.43. The lowest BCUT2D eigenvalue weighted by Gasteiger charge is -2.38. The van der Waals surface area contributed by atoms with Crippen molar-refractivity contribution in [2.45, 2.75) is 12.5 Å². The van der Waals surface area contributed by atoms with Crippen molar-refractivity contribution in [2.24, 2.45) is 0 Å². The third kappa shape index (κ3) is 2.78. The molecule has 0 N–H and O–H groups in total. The summed E-state index contributed by atoms with van der Waals surface area (Å²) in [5.74, 6) is 1.21. The number of amides is 1. The average Bonchev–Trinajstić information content (AvgIpc) is 2.92. The lowest BCUT2D eigenvalue weighted by Crippen LogP contribution is -2.49. The molecule has 3 heterocycles. The normalized spacial score (nSPS) is 15.0. The molecule has 1 amide bonds. The zero-order valence-corrected chi connectivity index (χ0v) is 11.8. The Kier molecular flexibility index (Phi) is 3.92. The van der Waals surface area contributed by atoms with Crippen molar-refractivity contribution in [3.63, 3.8) is 0 Å². The van der Waals surface area contributed by atoms with Crippen LogP contribution < -0.4 is 0 Å². The van der Waals surface area contributed by atoms with Crippen molar-refractivity contribution >= 4 is 5.91 Å². The van der Waals surface area contributed by atoms with Crippen LogP contribution in [0.15, 0.2) is 30.9 Å². The fraction of sp³-hybridized carbons (Fsp3) is 0.429. The number of aromatic nitrogens is 4. The summed E-state index contributed by atoms with van der Waals surface area (Å²) in [6.07, 6.45) is 4.97. The van der Waals surface area contributed by atoms with E-state index in [0.717, 1.165) is 12.4 Å². The van der Waals surface area contributed by atoms with Crippen molar-refractivity contribution in [2.75, 3.05) is 26.8 Å². The summed E-state index contributed by atoms with van der Waals surface area (Å²) in [7, 11) is 1.67. The third-order valence-corrected chi connectivity index (χ3v) is 3.64. The number of rotatable bonds is 5. The zero-order valence-electron chi connectivity index (χ0n) is 11.8. The number of ether oxygens (including phenoxy) is 1. The number of carbonyl (C=O) groups excluding carboxylic acids is 1. The molecule has 1 aliphatic heterocycles. The molecule has 0 unspecified atom stereocenters. The summed E-state index contributed by atoms with van der Waals surface area (Å²) in [4.78, 5) is 18.0. The van der Waals surface area contributed by atoms with Crippen molar-refractivity contribution < 1.29 is 9.53 Å². The van der Waals surface area contributed by atoms with Crippen molar-refractivity contribution in [3.05, 3.63) is 42.2 Å². The van der Waals surface area contributed by atoms with Gasteiger partial charge in [0, 0.05) is 44.7 Å². The van der Waals surface area contributed by atoms with Gasteiger partial charge in [-0.3, -0.25) is 9.78 Å². The molecule has 0 saturated carbocycles. The van der Waals surface area contributed by atoms with Gasteiger partial charge in [-0.1, -0.05) is 0 Å². The zero-order chi connectivity index (χ0) is 14.7. The van der Waals surface area contributed by atoms with Crippen LogP contribution in [0.2, 0.25) is 0 Å². The predicted molar refractivity (Wildman–Crippen MR) is 74.8 cm³/mol. The number of hydrogen-bond donors (Lipinski definition) is 0. The van der Waals surface area contributed by atoms with Crippen LogP contribution in [0.5, 0.6) is 0 Å². The second-order valence-corrected chi connectivity index (χ2v) is 5.02. The van der Waals surface area contributed by atoms with Gasteiger partial charge in [0.15, 0.2) is 0 Å². The molecule has 1 fully saturated rings. The number of nitrogens with zero attached hydrogens (tertiary/aromatic N) is 5. The van der Waals surface area contributed by atoms with Crippen molar-refractivity contribution in [1.29, 1.82) is 0 Å². The molecule has 0 atom stereocenters. The highest BCUT2D eigenvalue weighted by Gasteiger charge is 2.35. The maximum absolute atomic E-state index is 12.2. The number of likely N-dealkylation sites (tertiary alicyclic amines) is 1. The van der Waals surface area contributed by atoms with Gasteiger partial charge in [0.05, 0.1) is 12.5 Å². The highest BCUT2D eigenvalue weighted by Crippen LogP contribution is 2.26. The molecule has 1 aliphatic rings. The van der Waals surface area contributed by atoms with Gasteiger partial charge >= 0.3 is 0 Å². The van der Waals surface area contributed by atoms with Crippen LogP contribution in [-0.4, -0.2) is 57.4 Å². The van der Waals surface area contributed by atoms with E-state index in [4.69, 9.17) is 4.74 Å². The van der Waals surface area contributed by atoms with Crippen LogP contribution in [0.4, 0.5) is 0 Å². The first-order valence-corrected chi connectivity index (χ1v) is 6.85. The van der Waals surface area contributed by atoms with E-state index < -0.39 is 0 Å². The van der Waals surface area contributed by atoms with E-state index in [9.17, 15) is 4.79 Å². The van der Waals surface area contributed by atoms with Gasteiger partial charge in [-0.15, -0.1) is 10.2 Å². The van der Waals surface area contributed by atoms with Crippen LogP contribution in [0.1, 0.15) is 22.1 Å². The summed E-state index contributed by atoms with van der Waals surface area (Å²) in [5.41, 5.74) is 0.671. The molecule has 21 heavy (non-hydrogen) atoms. The Balaban J connectivity index is 1.61. The first-order chi connectivity index (χ1) is 10.3. The molecule has 7 nitrogen and oxygen atoms in total. The number of carbonyl (C=O) groups is 1. The van der Waals surface area contributed by atoms with E-state index in [1.54, 1.807) is 38.0 Å². The Morgan fingerprint density at radius 2 is 2.14 bits per heavy atom. The fourth-order valence-electron chi connectivity index (χ4n) is 2.43. The largest absolute Gasteiger partial charge is 0.383 e. The average molecular weight is 287 g/mol. The Morgan fingerprint density at radius 1 is 1.38 bits per heavy atom. The van der Waals surface area contributed by atoms with E-state index in [1.807, 2.05) is 9.47 Å². The number of methoxy groups -OCH3 is 1. The quantitative estimate of drug-likeness (QED) is 0.803. The first-order valence-electron chi connectivity index (χ1n) is 6.85. The minimum Gasteiger partial charge on any atom is -0.383 e. The van der Waals surface area contributed by atoms with Crippen molar-refractivity contribution in [3.8, 4) is 0 Å². The minimum absolute atomic E-state index is 0.0385. The Bertz CT molecular complexity index is 607. The molecule has 7 heteroatoms. The Hall–Kier alpha value is -2.28. The summed E-state index contributed by atoms with van der Waals surface area (Å²) in [6.45, 7) is 2.70. The minimum atomic E-state index is 0.0385. The molecule has 1 saturated heterocycles. The predicted octanol–water partition coefficient (Wildman–Crippen LogP) is 0.559. The molecule has 110 valence electrons. The van der Waals surface area contributed by atoms with Gasteiger partial charge < -0.3 is 14.2 Å². The van der Waals surface area contributed by atoms with Gasteiger partial charge in [-0.2, -0.15) is 0 Å². The maximum Gasteiger partial charge on any atom is 0.254 e. The summed E-state index contributed by atoms with van der Waals surface area (Å²) < 4.78 is 7.06. The van der Waals surface area contributed by atoms with Crippen LogP contribution >= 0.6 is 0 Å². The molecule has 2 aromatic rings. The summed E-state index contributed by atoms with van der Waals surface area (Å²) >= 11 is 0. The van der Waals surface area contributed by atoms with Gasteiger partial charge in [-0.05, 0) is 12.1 Å². The van der Waals surface area contributed by atoms with Gasteiger partial charge in [0.1, 0.15) is 12.2 Å². The molecule has 3 rings (SSSR count). The van der Waals surface area contributed by atoms with E-state index in [1.165, 1.54) is 0 Å². The lowest BCUT2D eigenvalue weighted by atomic mass is 9.98. The summed E-state index contributed by atoms with van der Waals surface area (Å²) in [5, 5.41) is 8.12. The highest BCUT2D eigenvalue weighted by atomic mass is 16.5. The van der Waals surface area contributed by atoms with Crippen LogP contribution in [-0.2, 0) is 11.3 Å². The second-order valence-electron chi connectivity index (χ2n) is 5.02. The smallest absolute Gasteiger partial charge is 0.254 e. The standard InChI is InChI=1S/C14H17N5O2/c1-21-7-6-18-10-16-17-13(18)12-8-19(9-12)14(20)11-2-4-15-5-3-11/h2-5,10,12H,6-9H2,1H3. The number of pyridine rings is 1. The van der Waals surface area contributed by atoms with E-state index in [0.29, 0.717) is 25.3 Å². The van der Waals surface area contributed by atoms with E-state index >= 15 is 0 Å². The maximum atomic E-state index is 12.2. The molecular formula is C14H17N5O2. The second kappa shape index (κ2) is 6.01. The lowest BCUT2D eigenvalue weighted by molar-refractivity contribution is 0.0589. The van der Waals surface area contributed by atoms with Gasteiger partial charge in [0.25, 0.3) is 5.91 Å². The topological polar surface area (TPSA) is 73.1 Å². The molecule has 0 bridgehead atoms. The van der Waals surface area contributed by atoms with Gasteiger partial charge in [0.2, 0.25) is 0 Å². The molecule has 0 spiro atoms. The molecule has 2 aromatic heterocycles. The van der Waals surface area contributed by atoms with E-state index in [-0.39, 0.29) is 11.8 Å². The van der Waals surface area contributed by atoms with Crippen molar-refractivity contribution in [1.82, 2.24) is 24.6 Å². The van der Waals surface area contributed by atoms with Crippen LogP contribution in [0.25, 0.3) is 0 Å². The molecule has 0 aliphatic carbocycles. The van der Waals surface area contributed by atoms with Crippen LogP contribution in [0.3, 0.4) is 0 Å². The Labute approximate surface area is 122 Å². The molecular weight excluding hydrogens is 270 g/mol. The SMILES string of the molecule is COCCn1cnnc1C1CN(C(=O)c2ccncc2)C1. The molecule has 0 radical (unpaired) electrons. The van der Waals surface area contributed by atoms with Gasteiger partial charge in [-0.25, -0.2) is 0 Å². The van der Waals surface area contributed by atoms with Crippen LogP contribution in [0, 0.1) is 0 Å². The van der Waals surface area contributed by atoms with E-state index in [2.05, 4.69) is 15.2 Å². The number of hydrogen-bond acceptors (Lipinski definition) is 5. The molecule has 0 aromatic carbocycles. The first kappa shape index (κ1) is 13.7. The Morgan fingerprint density at radius 3 is 2.86 bits per heavy atom.